The zero-order valence-electron chi connectivity index (χ0n) is 11.8. The van der Waals surface area contributed by atoms with Crippen LogP contribution in [-0.2, 0) is 0 Å². The lowest BCUT2D eigenvalue weighted by molar-refractivity contribution is -0.222. The van der Waals surface area contributed by atoms with E-state index in [0.29, 0.717) is 0 Å². The second-order valence-electron chi connectivity index (χ2n) is 6.45. The number of halogens is 4. The fourth-order valence-corrected chi connectivity index (χ4v) is 3.72. The average molecular weight is 268 g/mol. The Morgan fingerprint density at radius 3 is 1.72 bits per heavy atom. The van der Waals surface area contributed by atoms with Crippen molar-refractivity contribution in [2.24, 2.45) is 35.5 Å². The molecule has 0 aromatic rings. The maximum Gasteiger partial charge on any atom is 0.392 e. The van der Waals surface area contributed by atoms with E-state index >= 15 is 0 Å². The van der Waals surface area contributed by atoms with Crippen LogP contribution in [0, 0.1) is 35.5 Å². The summed E-state index contributed by atoms with van der Waals surface area (Å²) in [7, 11) is 0. The van der Waals surface area contributed by atoms with Crippen molar-refractivity contribution in [2.45, 2.75) is 53.4 Å². The zero-order valence-corrected chi connectivity index (χ0v) is 11.8. The summed E-state index contributed by atoms with van der Waals surface area (Å²) in [5.41, 5.74) is 0. The number of rotatable bonds is 2. The summed E-state index contributed by atoms with van der Waals surface area (Å²) in [6.45, 7) is 8.96. The highest BCUT2D eigenvalue weighted by Gasteiger charge is 2.55. The second-order valence-corrected chi connectivity index (χ2v) is 6.45. The third kappa shape index (κ3) is 3.00. The SMILES string of the molecule is CC(C)C1C(C)CC(C(F)(F)F)C(C(C)C)C1F. The Kier molecular flexibility index (Phi) is 4.71. The van der Waals surface area contributed by atoms with Crippen molar-refractivity contribution in [3.05, 3.63) is 0 Å². The summed E-state index contributed by atoms with van der Waals surface area (Å²) in [6.07, 6.45) is -5.56. The molecule has 18 heavy (non-hydrogen) atoms. The van der Waals surface area contributed by atoms with Gasteiger partial charge in [-0.05, 0) is 30.1 Å². The Morgan fingerprint density at radius 2 is 1.39 bits per heavy atom. The molecule has 1 rings (SSSR count). The Morgan fingerprint density at radius 1 is 0.944 bits per heavy atom. The van der Waals surface area contributed by atoms with Crippen molar-refractivity contribution >= 4 is 0 Å². The van der Waals surface area contributed by atoms with Crippen molar-refractivity contribution in [3.8, 4) is 0 Å². The Labute approximate surface area is 107 Å². The summed E-state index contributed by atoms with van der Waals surface area (Å²) in [6, 6.07) is 0. The molecule has 0 radical (unpaired) electrons. The van der Waals surface area contributed by atoms with E-state index < -0.39 is 24.2 Å². The Balaban J connectivity index is 3.05. The molecule has 0 aromatic carbocycles. The standard InChI is InChI=1S/C14H24F4/c1-7(2)11-9(5)6-10(14(16,17)18)12(8(3)4)13(11)15/h7-13H,6H2,1-5H3. The molecule has 108 valence electrons. The van der Waals surface area contributed by atoms with Crippen LogP contribution in [0.4, 0.5) is 17.6 Å². The van der Waals surface area contributed by atoms with E-state index in [1.165, 1.54) is 0 Å². The molecule has 1 aliphatic carbocycles. The molecule has 5 atom stereocenters. The first-order valence-electron chi connectivity index (χ1n) is 6.78. The molecule has 0 bridgehead atoms. The highest BCUT2D eigenvalue weighted by Crippen LogP contribution is 2.51. The summed E-state index contributed by atoms with van der Waals surface area (Å²) in [4.78, 5) is 0. The molecule has 0 aromatic heterocycles. The molecule has 0 N–H and O–H groups in total. The van der Waals surface area contributed by atoms with Crippen LogP contribution in [0.25, 0.3) is 0 Å². The minimum atomic E-state index is -4.28. The van der Waals surface area contributed by atoms with Gasteiger partial charge in [0, 0.05) is 5.92 Å². The van der Waals surface area contributed by atoms with Crippen LogP contribution < -0.4 is 0 Å². The first kappa shape index (κ1) is 15.8. The molecule has 1 saturated carbocycles. The van der Waals surface area contributed by atoms with E-state index in [1.54, 1.807) is 20.8 Å². The predicted molar refractivity (Wildman–Crippen MR) is 64.9 cm³/mol. The van der Waals surface area contributed by atoms with Gasteiger partial charge in [-0.15, -0.1) is 0 Å². The van der Waals surface area contributed by atoms with E-state index in [-0.39, 0.29) is 30.1 Å². The van der Waals surface area contributed by atoms with E-state index in [2.05, 4.69) is 0 Å². The van der Waals surface area contributed by atoms with Crippen LogP contribution in [0.2, 0.25) is 0 Å². The lowest BCUT2D eigenvalue weighted by Crippen LogP contribution is -2.49. The number of hydrogen-bond donors (Lipinski definition) is 0. The fourth-order valence-electron chi connectivity index (χ4n) is 3.72. The first-order chi connectivity index (χ1) is 8.07. The Bertz CT molecular complexity index is 269. The second kappa shape index (κ2) is 5.38. The predicted octanol–water partition coefficient (Wildman–Crippen LogP) is 5.09. The van der Waals surface area contributed by atoms with Gasteiger partial charge < -0.3 is 0 Å². The van der Waals surface area contributed by atoms with Crippen LogP contribution >= 0.6 is 0 Å². The zero-order chi connectivity index (χ0) is 14.2. The minimum absolute atomic E-state index is 0.0651. The lowest BCUT2D eigenvalue weighted by Gasteiger charge is -2.46. The smallest absolute Gasteiger partial charge is 0.247 e. The summed E-state index contributed by atoms with van der Waals surface area (Å²) in [5.74, 6) is -3.03. The molecule has 0 spiro atoms. The van der Waals surface area contributed by atoms with Crippen molar-refractivity contribution in [2.75, 3.05) is 0 Å². The summed E-state index contributed by atoms with van der Waals surface area (Å²) < 4.78 is 53.7. The molecule has 1 fully saturated rings. The topological polar surface area (TPSA) is 0 Å². The molecule has 1 aliphatic rings. The molecule has 5 unspecified atom stereocenters. The third-order valence-corrected chi connectivity index (χ3v) is 4.44. The summed E-state index contributed by atoms with van der Waals surface area (Å²) in [5, 5.41) is 0. The number of alkyl halides is 4. The van der Waals surface area contributed by atoms with Gasteiger partial charge in [-0.2, -0.15) is 13.2 Å². The molecule has 0 amide bonds. The molecular formula is C14H24F4. The number of hydrogen-bond acceptors (Lipinski definition) is 0. The summed E-state index contributed by atoms with van der Waals surface area (Å²) >= 11 is 0. The van der Waals surface area contributed by atoms with Crippen LogP contribution in [0.1, 0.15) is 41.0 Å². The molecule has 0 heterocycles. The minimum Gasteiger partial charge on any atom is -0.247 e. The molecule has 4 heteroatoms. The van der Waals surface area contributed by atoms with Gasteiger partial charge in [-0.3, -0.25) is 0 Å². The van der Waals surface area contributed by atoms with Gasteiger partial charge in [0.1, 0.15) is 6.17 Å². The van der Waals surface area contributed by atoms with Gasteiger partial charge in [0.25, 0.3) is 0 Å². The highest BCUT2D eigenvalue weighted by atomic mass is 19.4. The monoisotopic (exact) mass is 268 g/mol. The van der Waals surface area contributed by atoms with Crippen molar-refractivity contribution in [1.29, 1.82) is 0 Å². The maximum atomic E-state index is 14.5. The lowest BCUT2D eigenvalue weighted by atomic mass is 9.61. The fraction of sp³-hybridized carbons (Fsp3) is 1.00. The molecule has 0 nitrogen and oxygen atoms in total. The van der Waals surface area contributed by atoms with Crippen LogP contribution in [0.15, 0.2) is 0 Å². The van der Waals surface area contributed by atoms with Crippen molar-refractivity contribution in [3.63, 3.8) is 0 Å². The van der Waals surface area contributed by atoms with E-state index in [0.717, 1.165) is 0 Å². The third-order valence-electron chi connectivity index (χ3n) is 4.44. The molecular weight excluding hydrogens is 244 g/mol. The van der Waals surface area contributed by atoms with E-state index in [4.69, 9.17) is 0 Å². The highest BCUT2D eigenvalue weighted by molar-refractivity contribution is 4.95. The van der Waals surface area contributed by atoms with Crippen molar-refractivity contribution in [1.82, 2.24) is 0 Å². The van der Waals surface area contributed by atoms with Gasteiger partial charge >= 0.3 is 6.18 Å². The Hall–Kier alpha value is -0.280. The molecule has 0 saturated heterocycles. The van der Waals surface area contributed by atoms with Crippen molar-refractivity contribution < 1.29 is 17.6 Å². The van der Waals surface area contributed by atoms with Gasteiger partial charge in [0.05, 0.1) is 5.92 Å². The van der Waals surface area contributed by atoms with Crippen LogP contribution in [0.5, 0.6) is 0 Å². The molecule has 0 aliphatic heterocycles. The normalized spacial score (nSPS) is 38.5. The van der Waals surface area contributed by atoms with E-state index in [9.17, 15) is 17.6 Å². The van der Waals surface area contributed by atoms with E-state index in [1.807, 2.05) is 13.8 Å². The van der Waals surface area contributed by atoms with Gasteiger partial charge in [0.2, 0.25) is 0 Å². The largest absolute Gasteiger partial charge is 0.392 e. The van der Waals surface area contributed by atoms with Gasteiger partial charge in [-0.1, -0.05) is 34.6 Å². The van der Waals surface area contributed by atoms with Crippen LogP contribution in [0.3, 0.4) is 0 Å². The van der Waals surface area contributed by atoms with Gasteiger partial charge in [0.15, 0.2) is 0 Å². The maximum absolute atomic E-state index is 14.5. The quantitative estimate of drug-likeness (QED) is 0.612. The first-order valence-corrected chi connectivity index (χ1v) is 6.78. The van der Waals surface area contributed by atoms with Crippen LogP contribution in [-0.4, -0.2) is 12.3 Å². The average Bonchev–Trinajstić information content (AvgIpc) is 2.13. The van der Waals surface area contributed by atoms with Gasteiger partial charge in [-0.25, -0.2) is 4.39 Å².